The first kappa shape index (κ1) is 20.3. The van der Waals surface area contributed by atoms with Crippen LogP contribution < -0.4 is 5.32 Å². The zero-order chi connectivity index (χ0) is 21.1. The molecule has 1 fully saturated rings. The van der Waals surface area contributed by atoms with Crippen LogP contribution in [0.2, 0.25) is 0 Å². The highest BCUT2D eigenvalue weighted by atomic mass is 32.1. The van der Waals surface area contributed by atoms with E-state index < -0.39 is 5.82 Å². The largest absolute Gasteiger partial charge is 0.493 e. The number of aromatic hydroxyl groups is 1. The van der Waals surface area contributed by atoms with Crippen molar-refractivity contribution in [3.8, 4) is 5.88 Å². The number of morpholine rings is 1. The molecule has 2 N–H and O–H groups in total. The molecular formula is C20H19F2N5O2S. The molecule has 0 saturated carbocycles. The van der Waals surface area contributed by atoms with Gasteiger partial charge in [0.05, 0.1) is 25.4 Å². The van der Waals surface area contributed by atoms with Crippen molar-refractivity contribution in [2.45, 2.75) is 6.67 Å². The second-order valence-corrected chi connectivity index (χ2v) is 7.16. The second kappa shape index (κ2) is 8.82. The van der Waals surface area contributed by atoms with Crippen LogP contribution >= 0.6 is 12.2 Å². The zero-order valence-corrected chi connectivity index (χ0v) is 16.7. The molecule has 1 saturated heterocycles. The van der Waals surface area contributed by atoms with Crippen molar-refractivity contribution in [1.82, 2.24) is 9.47 Å². The summed E-state index contributed by atoms with van der Waals surface area (Å²) in [6, 6.07) is 9.83. The van der Waals surface area contributed by atoms with Crippen molar-refractivity contribution in [2.24, 2.45) is 10.2 Å². The Hall–Kier alpha value is -2.95. The van der Waals surface area contributed by atoms with Gasteiger partial charge in [0.25, 0.3) is 0 Å². The Morgan fingerprint density at radius 3 is 2.53 bits per heavy atom. The number of nitrogens with one attached hydrogen (secondary N) is 1. The number of ether oxygens (including phenoxy) is 1. The Kier molecular flexibility index (Phi) is 5.98. The average Bonchev–Trinajstić information content (AvgIpc) is 2.99. The lowest BCUT2D eigenvalue weighted by Crippen LogP contribution is -2.37. The average molecular weight is 431 g/mol. The highest BCUT2D eigenvalue weighted by Crippen LogP contribution is 2.39. The highest BCUT2D eigenvalue weighted by molar-refractivity contribution is 7.80. The van der Waals surface area contributed by atoms with Gasteiger partial charge in [-0.15, -0.1) is 10.2 Å². The van der Waals surface area contributed by atoms with Gasteiger partial charge < -0.3 is 15.2 Å². The van der Waals surface area contributed by atoms with E-state index in [9.17, 15) is 13.9 Å². The van der Waals surface area contributed by atoms with Crippen molar-refractivity contribution in [3.05, 3.63) is 54.1 Å². The molecule has 4 rings (SSSR count). The third kappa shape index (κ3) is 4.45. The molecule has 7 nitrogen and oxygen atoms in total. The van der Waals surface area contributed by atoms with Gasteiger partial charge in [0.2, 0.25) is 11.0 Å². The molecule has 0 radical (unpaired) electrons. The highest BCUT2D eigenvalue weighted by Gasteiger charge is 2.20. The van der Waals surface area contributed by atoms with E-state index in [2.05, 4.69) is 20.4 Å². The Bertz CT molecular complexity index is 1090. The first-order valence-electron chi connectivity index (χ1n) is 9.30. The Labute approximate surface area is 176 Å². The maximum Gasteiger partial charge on any atom is 0.221 e. The van der Waals surface area contributed by atoms with Gasteiger partial charge in [-0.1, -0.05) is 0 Å². The molecular weight excluding hydrogens is 412 g/mol. The fourth-order valence-corrected chi connectivity index (χ4v) is 3.42. The third-order valence-electron chi connectivity index (χ3n) is 4.75. The van der Waals surface area contributed by atoms with E-state index >= 15 is 0 Å². The number of azo groups is 1. The van der Waals surface area contributed by atoms with Crippen molar-refractivity contribution in [3.63, 3.8) is 0 Å². The predicted octanol–water partition coefficient (Wildman–Crippen LogP) is 4.40. The summed E-state index contributed by atoms with van der Waals surface area (Å²) in [6.07, 6.45) is 0. The SMILES string of the molecule is Oc1c(N=NC(=S)Nc2ccc(F)cc2)c2cc(F)ccc2n1CN1CCOCC1. The van der Waals surface area contributed by atoms with E-state index in [1.54, 1.807) is 10.6 Å². The number of fused-ring (bicyclic) bond motifs is 1. The number of anilines is 1. The van der Waals surface area contributed by atoms with Crippen molar-refractivity contribution in [2.75, 3.05) is 31.6 Å². The maximum absolute atomic E-state index is 13.9. The van der Waals surface area contributed by atoms with Crippen LogP contribution in [0.1, 0.15) is 0 Å². The first-order chi connectivity index (χ1) is 14.5. The molecule has 2 heterocycles. The molecule has 1 aliphatic rings. The number of aromatic nitrogens is 1. The van der Waals surface area contributed by atoms with Crippen LogP contribution in [-0.4, -0.2) is 46.0 Å². The lowest BCUT2D eigenvalue weighted by atomic mass is 10.2. The number of rotatable bonds is 4. The summed E-state index contributed by atoms with van der Waals surface area (Å²) < 4.78 is 33.9. The maximum atomic E-state index is 13.9. The number of hydrogen-bond donors (Lipinski definition) is 2. The van der Waals surface area contributed by atoms with Gasteiger partial charge >= 0.3 is 0 Å². The van der Waals surface area contributed by atoms with E-state index in [1.807, 2.05) is 0 Å². The van der Waals surface area contributed by atoms with Gasteiger partial charge in [-0.3, -0.25) is 9.47 Å². The smallest absolute Gasteiger partial charge is 0.221 e. The molecule has 1 aliphatic heterocycles. The van der Waals surface area contributed by atoms with Gasteiger partial charge in [-0.25, -0.2) is 8.78 Å². The Morgan fingerprint density at radius 2 is 1.80 bits per heavy atom. The minimum Gasteiger partial charge on any atom is -0.493 e. The Morgan fingerprint density at radius 1 is 1.10 bits per heavy atom. The third-order valence-corrected chi connectivity index (χ3v) is 4.94. The van der Waals surface area contributed by atoms with Gasteiger partial charge in [0, 0.05) is 24.2 Å². The topological polar surface area (TPSA) is 74.4 Å². The molecule has 0 amide bonds. The van der Waals surface area contributed by atoms with Crippen LogP contribution in [-0.2, 0) is 11.4 Å². The van der Waals surface area contributed by atoms with Crippen LogP contribution in [0, 0.1) is 11.6 Å². The quantitative estimate of drug-likeness (QED) is 0.473. The lowest BCUT2D eigenvalue weighted by Gasteiger charge is -2.27. The molecule has 156 valence electrons. The van der Waals surface area contributed by atoms with Gasteiger partial charge in [0.15, 0.2) is 5.69 Å². The zero-order valence-electron chi connectivity index (χ0n) is 15.9. The van der Waals surface area contributed by atoms with Crippen molar-refractivity contribution >= 4 is 39.6 Å². The first-order valence-corrected chi connectivity index (χ1v) is 9.71. The monoisotopic (exact) mass is 431 g/mol. The molecule has 0 aliphatic carbocycles. The molecule has 0 spiro atoms. The van der Waals surface area contributed by atoms with Gasteiger partial charge in [-0.2, -0.15) is 0 Å². The summed E-state index contributed by atoms with van der Waals surface area (Å²) in [5, 5.41) is 22.1. The molecule has 0 unspecified atom stereocenters. The molecule has 2 aromatic carbocycles. The summed E-state index contributed by atoms with van der Waals surface area (Å²) in [5.41, 5.74) is 1.30. The normalized spacial score (nSPS) is 15.1. The number of benzene rings is 2. The minimum atomic E-state index is -0.450. The van der Waals surface area contributed by atoms with Crippen LogP contribution in [0.5, 0.6) is 5.88 Å². The molecule has 0 bridgehead atoms. The minimum absolute atomic E-state index is 0.0199. The molecule has 30 heavy (non-hydrogen) atoms. The summed E-state index contributed by atoms with van der Waals surface area (Å²) in [6.45, 7) is 3.09. The van der Waals surface area contributed by atoms with E-state index in [4.69, 9.17) is 17.0 Å². The molecule has 3 aromatic rings. The molecule has 10 heteroatoms. The fourth-order valence-electron chi connectivity index (χ4n) is 3.26. The molecule has 0 atom stereocenters. The van der Waals surface area contributed by atoms with E-state index in [1.165, 1.54) is 36.4 Å². The van der Waals surface area contributed by atoms with Gasteiger partial charge in [0.1, 0.15) is 11.6 Å². The Balaban J connectivity index is 1.61. The number of hydrogen-bond acceptors (Lipinski definition) is 5. The van der Waals surface area contributed by atoms with Crippen molar-refractivity contribution < 1.29 is 18.6 Å². The van der Waals surface area contributed by atoms with Crippen LogP contribution in [0.25, 0.3) is 10.9 Å². The summed E-state index contributed by atoms with van der Waals surface area (Å²) >= 11 is 5.15. The van der Waals surface area contributed by atoms with Crippen molar-refractivity contribution in [1.29, 1.82) is 0 Å². The van der Waals surface area contributed by atoms with E-state index in [-0.39, 0.29) is 22.5 Å². The van der Waals surface area contributed by atoms with E-state index in [0.29, 0.717) is 36.5 Å². The van der Waals surface area contributed by atoms with Gasteiger partial charge in [-0.05, 0) is 54.7 Å². The lowest BCUT2D eigenvalue weighted by molar-refractivity contribution is 0.0231. The molecule has 1 aromatic heterocycles. The summed E-state index contributed by atoms with van der Waals surface area (Å²) in [5.74, 6) is -0.946. The standard InChI is InChI=1S/C20H19F2N5O2S/c21-13-1-4-15(5-2-13)23-20(30)25-24-18-16-11-14(22)3-6-17(16)27(19(18)28)12-26-7-9-29-10-8-26/h1-6,11,28H,7-10,12H2,(H,23,30). The summed E-state index contributed by atoms with van der Waals surface area (Å²) in [7, 11) is 0. The number of halogens is 2. The van der Waals surface area contributed by atoms with Crippen LogP contribution in [0.3, 0.4) is 0 Å². The van der Waals surface area contributed by atoms with Crippen LogP contribution in [0.15, 0.2) is 52.7 Å². The predicted molar refractivity (Wildman–Crippen MR) is 113 cm³/mol. The summed E-state index contributed by atoms with van der Waals surface area (Å²) in [4.78, 5) is 2.12. The fraction of sp³-hybridized carbons (Fsp3) is 0.250. The number of nitrogens with zero attached hydrogens (tertiary/aromatic N) is 4. The second-order valence-electron chi connectivity index (χ2n) is 6.77. The van der Waals surface area contributed by atoms with Crippen LogP contribution in [0.4, 0.5) is 20.2 Å². The number of thiocarbonyl (C=S) groups is 1. The van der Waals surface area contributed by atoms with E-state index in [0.717, 1.165) is 13.1 Å².